The van der Waals surface area contributed by atoms with Gasteiger partial charge in [0, 0.05) is 23.5 Å². The molecular formula is C17H13ClN2O3. The smallest absolute Gasteiger partial charge is 0.356 e. The Morgan fingerprint density at radius 3 is 2.39 bits per heavy atom. The van der Waals surface area contributed by atoms with Gasteiger partial charge < -0.3 is 4.74 Å². The number of nitrogens with zero attached hydrogens (tertiary/aromatic N) is 2. The van der Waals surface area contributed by atoms with Gasteiger partial charge in [0.2, 0.25) is 0 Å². The summed E-state index contributed by atoms with van der Waals surface area (Å²) in [4.78, 5) is 31.0. The predicted octanol–water partition coefficient (Wildman–Crippen LogP) is 2.83. The summed E-state index contributed by atoms with van der Waals surface area (Å²) in [5.74, 6) is 5.17. The van der Waals surface area contributed by atoms with E-state index >= 15 is 0 Å². The summed E-state index contributed by atoms with van der Waals surface area (Å²) in [5, 5.41) is 0.237. The third-order valence-corrected chi connectivity index (χ3v) is 3.29. The van der Waals surface area contributed by atoms with Gasteiger partial charge in [-0.05, 0) is 31.5 Å². The molecule has 23 heavy (non-hydrogen) atoms. The summed E-state index contributed by atoms with van der Waals surface area (Å²) in [6.07, 6.45) is 2.95. The number of ketones is 1. The fraction of sp³-hybridized carbons (Fsp3) is 0.176. The van der Waals surface area contributed by atoms with Gasteiger partial charge >= 0.3 is 5.97 Å². The Morgan fingerprint density at radius 2 is 1.78 bits per heavy atom. The van der Waals surface area contributed by atoms with Gasteiger partial charge in [-0.1, -0.05) is 23.4 Å². The molecule has 116 valence electrons. The van der Waals surface area contributed by atoms with Crippen LogP contribution in [0, 0.1) is 18.8 Å². The van der Waals surface area contributed by atoms with Gasteiger partial charge in [0.15, 0.2) is 5.78 Å². The second-order valence-corrected chi connectivity index (χ2v) is 5.12. The van der Waals surface area contributed by atoms with E-state index in [1.54, 1.807) is 6.07 Å². The number of pyridine rings is 2. The average Bonchev–Trinajstić information content (AvgIpc) is 2.53. The molecule has 2 aromatic heterocycles. The lowest BCUT2D eigenvalue weighted by atomic mass is 10.1. The van der Waals surface area contributed by atoms with Crippen LogP contribution in [0.3, 0.4) is 0 Å². The molecule has 5 nitrogen and oxygen atoms in total. The first-order chi connectivity index (χ1) is 10.9. The molecule has 0 aromatic carbocycles. The second kappa shape index (κ2) is 7.03. The number of methoxy groups -OCH3 is 1. The lowest BCUT2D eigenvalue weighted by molar-refractivity contribution is 0.0593. The first-order valence-electron chi connectivity index (χ1n) is 6.66. The van der Waals surface area contributed by atoms with Gasteiger partial charge in [0.1, 0.15) is 10.8 Å². The molecule has 0 saturated heterocycles. The van der Waals surface area contributed by atoms with Gasteiger partial charge in [-0.15, -0.1) is 0 Å². The molecular weight excluding hydrogens is 316 g/mol. The molecule has 2 rings (SSSR count). The van der Waals surface area contributed by atoms with Crippen LogP contribution < -0.4 is 0 Å². The summed E-state index contributed by atoms with van der Waals surface area (Å²) in [7, 11) is 1.30. The van der Waals surface area contributed by atoms with E-state index in [0.29, 0.717) is 16.7 Å². The zero-order valence-electron chi connectivity index (χ0n) is 12.8. The van der Waals surface area contributed by atoms with Crippen molar-refractivity contribution in [2.45, 2.75) is 13.8 Å². The fourth-order valence-corrected chi connectivity index (χ4v) is 2.02. The van der Waals surface area contributed by atoms with Crippen LogP contribution in [-0.2, 0) is 4.74 Å². The van der Waals surface area contributed by atoms with Crippen LogP contribution >= 0.6 is 11.6 Å². The number of esters is 1. The van der Waals surface area contributed by atoms with Crippen molar-refractivity contribution < 1.29 is 14.3 Å². The molecule has 2 aromatic rings. The van der Waals surface area contributed by atoms with Crippen molar-refractivity contribution in [2.75, 3.05) is 7.11 Å². The molecule has 0 unspecified atom stereocenters. The summed E-state index contributed by atoms with van der Waals surface area (Å²) in [5.41, 5.74) is 2.53. The Morgan fingerprint density at radius 1 is 1.13 bits per heavy atom. The van der Waals surface area contributed by atoms with Crippen molar-refractivity contribution in [3.8, 4) is 11.8 Å². The zero-order valence-corrected chi connectivity index (χ0v) is 13.6. The minimum atomic E-state index is -0.506. The minimum absolute atomic E-state index is 0.144. The molecule has 0 spiro atoms. The van der Waals surface area contributed by atoms with Crippen molar-refractivity contribution in [1.82, 2.24) is 9.97 Å². The molecule has 6 heteroatoms. The van der Waals surface area contributed by atoms with Crippen molar-refractivity contribution in [1.29, 1.82) is 0 Å². The van der Waals surface area contributed by atoms with Crippen LogP contribution in [0.4, 0.5) is 0 Å². The van der Waals surface area contributed by atoms with E-state index in [4.69, 9.17) is 11.6 Å². The number of hydrogen-bond acceptors (Lipinski definition) is 5. The summed E-state index contributed by atoms with van der Waals surface area (Å²) >= 11 is 5.80. The number of aromatic nitrogens is 2. The van der Waals surface area contributed by atoms with E-state index in [2.05, 4.69) is 26.5 Å². The van der Waals surface area contributed by atoms with Crippen LogP contribution in [0.5, 0.6) is 0 Å². The maximum Gasteiger partial charge on any atom is 0.356 e. The molecule has 0 atom stereocenters. The quantitative estimate of drug-likeness (QED) is 0.367. The maximum absolute atomic E-state index is 11.6. The van der Waals surface area contributed by atoms with E-state index in [9.17, 15) is 9.59 Å². The lowest BCUT2D eigenvalue weighted by Crippen LogP contribution is -2.05. The Balaban J connectivity index is 2.40. The predicted molar refractivity (Wildman–Crippen MR) is 85.5 cm³/mol. The first kappa shape index (κ1) is 16.7. The lowest BCUT2D eigenvalue weighted by Gasteiger charge is -2.02. The molecule has 0 aliphatic carbocycles. The molecule has 0 bridgehead atoms. The Kier molecular flexibility index (Phi) is 5.09. The van der Waals surface area contributed by atoms with Gasteiger partial charge in [0.25, 0.3) is 0 Å². The molecule has 0 N–H and O–H groups in total. The monoisotopic (exact) mass is 328 g/mol. The van der Waals surface area contributed by atoms with Gasteiger partial charge in [0.05, 0.1) is 12.7 Å². The highest BCUT2D eigenvalue weighted by Gasteiger charge is 2.09. The largest absolute Gasteiger partial charge is 0.464 e. The van der Waals surface area contributed by atoms with Crippen LogP contribution in [-0.4, -0.2) is 28.8 Å². The minimum Gasteiger partial charge on any atom is -0.464 e. The van der Waals surface area contributed by atoms with E-state index < -0.39 is 5.97 Å². The van der Waals surface area contributed by atoms with Crippen LogP contribution in [0.15, 0.2) is 24.5 Å². The summed E-state index contributed by atoms with van der Waals surface area (Å²) in [6, 6.07) is 3.08. The van der Waals surface area contributed by atoms with E-state index in [1.165, 1.54) is 32.5 Å². The second-order valence-electron chi connectivity index (χ2n) is 4.73. The average molecular weight is 329 g/mol. The number of carbonyl (C=O) groups excluding carboxylic acids is 2. The molecule has 0 radical (unpaired) electrons. The van der Waals surface area contributed by atoms with E-state index in [-0.39, 0.29) is 16.6 Å². The highest BCUT2D eigenvalue weighted by molar-refractivity contribution is 6.29. The highest BCUT2D eigenvalue weighted by atomic mass is 35.5. The van der Waals surface area contributed by atoms with Crippen molar-refractivity contribution in [3.63, 3.8) is 0 Å². The number of rotatable bonds is 2. The van der Waals surface area contributed by atoms with E-state index in [1.807, 2.05) is 6.92 Å². The molecule has 0 saturated carbocycles. The van der Waals surface area contributed by atoms with Crippen LogP contribution in [0.1, 0.15) is 44.5 Å². The Hall–Kier alpha value is -2.71. The molecule has 2 heterocycles. The molecule has 0 amide bonds. The summed E-state index contributed by atoms with van der Waals surface area (Å²) in [6.45, 7) is 3.25. The Labute approximate surface area is 138 Å². The highest BCUT2D eigenvalue weighted by Crippen LogP contribution is 2.14. The number of carbonyl (C=O) groups is 2. The Bertz CT molecular complexity index is 851. The van der Waals surface area contributed by atoms with E-state index in [0.717, 1.165) is 5.56 Å². The van der Waals surface area contributed by atoms with Gasteiger partial charge in [-0.25, -0.2) is 14.8 Å². The summed E-state index contributed by atoms with van der Waals surface area (Å²) < 4.78 is 4.62. The maximum atomic E-state index is 11.6. The third kappa shape index (κ3) is 3.93. The number of Topliss-reactive ketones (excluding diaryl/α,β-unsaturated/α-hetero) is 1. The zero-order chi connectivity index (χ0) is 17.0. The third-order valence-electron chi connectivity index (χ3n) is 3.09. The number of halogens is 1. The molecule has 0 fully saturated rings. The SMILES string of the molecule is COC(=O)c1cc(C)c(C#Cc2cnc(Cl)cc2C(C)=O)cn1. The van der Waals surface area contributed by atoms with Crippen molar-refractivity contribution in [3.05, 3.63) is 57.6 Å². The topological polar surface area (TPSA) is 69.2 Å². The number of aryl methyl sites for hydroxylation is 1. The molecule has 0 aliphatic rings. The number of ether oxygens (including phenoxy) is 1. The van der Waals surface area contributed by atoms with Crippen LogP contribution in [0.25, 0.3) is 0 Å². The van der Waals surface area contributed by atoms with Crippen molar-refractivity contribution in [2.24, 2.45) is 0 Å². The first-order valence-corrected chi connectivity index (χ1v) is 7.03. The fourth-order valence-electron chi connectivity index (χ4n) is 1.86. The van der Waals surface area contributed by atoms with Gasteiger partial charge in [-0.3, -0.25) is 4.79 Å². The molecule has 0 aliphatic heterocycles. The van der Waals surface area contributed by atoms with Crippen LogP contribution in [0.2, 0.25) is 5.15 Å². The number of hydrogen-bond donors (Lipinski definition) is 0. The van der Waals surface area contributed by atoms with Crippen molar-refractivity contribution >= 4 is 23.4 Å². The standard InChI is InChI=1S/C17H13ClN2O3/c1-10-6-15(17(22)23-3)19-8-12(10)4-5-13-9-20-16(18)7-14(13)11(2)21/h6-9H,1-3H3. The normalized spacial score (nSPS) is 9.74. The van der Waals surface area contributed by atoms with Gasteiger partial charge in [-0.2, -0.15) is 0 Å².